The zero-order chi connectivity index (χ0) is 30.4. The molecule has 4 aromatic rings. The standard InChI is InChI=1S/C36H42O3S3/c1-7-28-31(19-22-16-25(37-4)10-13-34(22)40)29(8-2)33(21-24-18-27(39-6)12-15-36(24)42)30(9-3)32(28)20-23-17-26(38-5)11-14-35(23)41/h10-18,40-42H,7-9,19-21H2,1-6H3. The second-order valence-corrected chi connectivity index (χ2v) is 11.9. The number of hydrogen-bond acceptors (Lipinski definition) is 6. The molecule has 0 fully saturated rings. The van der Waals surface area contributed by atoms with Crippen molar-refractivity contribution in [3.63, 3.8) is 0 Å². The third kappa shape index (κ3) is 6.93. The number of benzene rings is 4. The van der Waals surface area contributed by atoms with Crippen molar-refractivity contribution in [3.05, 3.63) is 105 Å². The molecule has 0 radical (unpaired) electrons. The Labute approximate surface area is 268 Å². The van der Waals surface area contributed by atoms with Crippen LogP contribution >= 0.6 is 37.9 Å². The second-order valence-electron chi connectivity index (χ2n) is 10.4. The molecule has 222 valence electrons. The molecule has 0 N–H and O–H groups in total. The predicted octanol–water partition coefficient (Wildman–Crippen LogP) is 9.04. The fourth-order valence-electron chi connectivity index (χ4n) is 6.08. The largest absolute Gasteiger partial charge is 0.497 e. The van der Waals surface area contributed by atoms with Crippen molar-refractivity contribution in [1.29, 1.82) is 0 Å². The van der Waals surface area contributed by atoms with Crippen LogP contribution < -0.4 is 14.2 Å². The molecule has 0 aliphatic carbocycles. The van der Waals surface area contributed by atoms with Crippen LogP contribution in [-0.4, -0.2) is 21.3 Å². The average Bonchev–Trinajstić information content (AvgIpc) is 3.00. The molecule has 42 heavy (non-hydrogen) atoms. The number of ether oxygens (including phenoxy) is 3. The van der Waals surface area contributed by atoms with Crippen molar-refractivity contribution in [2.45, 2.75) is 74.0 Å². The number of thiol groups is 3. The maximum absolute atomic E-state index is 5.60. The van der Waals surface area contributed by atoms with Crippen LogP contribution in [0.1, 0.15) is 70.8 Å². The van der Waals surface area contributed by atoms with Gasteiger partial charge in [0.1, 0.15) is 17.2 Å². The quantitative estimate of drug-likeness (QED) is 0.138. The average molecular weight is 619 g/mol. The fraction of sp³-hybridized carbons (Fsp3) is 0.333. The maximum atomic E-state index is 5.60. The normalized spacial score (nSPS) is 11.1. The lowest BCUT2D eigenvalue weighted by atomic mass is 9.78. The number of methoxy groups -OCH3 is 3. The molecule has 3 nitrogen and oxygen atoms in total. The minimum atomic E-state index is 0.782. The van der Waals surface area contributed by atoms with Crippen LogP contribution in [0.15, 0.2) is 69.3 Å². The van der Waals surface area contributed by atoms with Gasteiger partial charge < -0.3 is 14.2 Å². The van der Waals surface area contributed by atoms with Crippen LogP contribution in [0.3, 0.4) is 0 Å². The van der Waals surface area contributed by atoms with Gasteiger partial charge in [-0.3, -0.25) is 0 Å². The third-order valence-electron chi connectivity index (χ3n) is 8.21. The van der Waals surface area contributed by atoms with E-state index in [1.165, 1.54) is 33.4 Å². The van der Waals surface area contributed by atoms with Gasteiger partial charge in [-0.05, 0) is 143 Å². The Morgan fingerprint density at radius 2 is 0.690 bits per heavy atom. The molecular weight excluding hydrogens is 577 g/mol. The highest BCUT2D eigenvalue weighted by atomic mass is 32.1. The monoisotopic (exact) mass is 618 g/mol. The molecule has 0 atom stereocenters. The highest BCUT2D eigenvalue weighted by molar-refractivity contribution is 7.80. The molecule has 6 heteroatoms. The molecule has 0 aliphatic rings. The van der Waals surface area contributed by atoms with E-state index >= 15 is 0 Å². The molecule has 0 aromatic heterocycles. The Hall–Kier alpha value is -2.67. The van der Waals surface area contributed by atoms with Crippen LogP contribution in [0.5, 0.6) is 17.2 Å². The van der Waals surface area contributed by atoms with E-state index in [0.717, 1.165) is 87.2 Å². The van der Waals surface area contributed by atoms with Gasteiger partial charge in [0.15, 0.2) is 0 Å². The molecule has 0 heterocycles. The molecular formula is C36H42O3S3. The van der Waals surface area contributed by atoms with Gasteiger partial charge in [0.2, 0.25) is 0 Å². The molecule has 0 saturated carbocycles. The van der Waals surface area contributed by atoms with Crippen molar-refractivity contribution < 1.29 is 14.2 Å². The Balaban J connectivity index is 2.02. The van der Waals surface area contributed by atoms with E-state index in [0.29, 0.717) is 0 Å². The van der Waals surface area contributed by atoms with E-state index in [2.05, 4.69) is 39.0 Å². The third-order valence-corrected chi connectivity index (χ3v) is 9.52. The van der Waals surface area contributed by atoms with Crippen molar-refractivity contribution in [2.75, 3.05) is 21.3 Å². The van der Waals surface area contributed by atoms with Crippen LogP contribution in [0.4, 0.5) is 0 Å². The Morgan fingerprint density at radius 1 is 0.429 bits per heavy atom. The summed E-state index contributed by atoms with van der Waals surface area (Å²) < 4.78 is 16.8. The van der Waals surface area contributed by atoms with E-state index in [1.54, 1.807) is 21.3 Å². The molecule has 0 aliphatic heterocycles. The highest BCUT2D eigenvalue weighted by Crippen LogP contribution is 2.38. The van der Waals surface area contributed by atoms with E-state index in [-0.39, 0.29) is 0 Å². The van der Waals surface area contributed by atoms with Gasteiger partial charge in [0.05, 0.1) is 21.3 Å². The summed E-state index contributed by atoms with van der Waals surface area (Å²) in [5.41, 5.74) is 11.9. The smallest absolute Gasteiger partial charge is 0.119 e. The molecule has 4 rings (SSSR count). The molecule has 0 unspecified atom stereocenters. The van der Waals surface area contributed by atoms with E-state index in [1.807, 2.05) is 36.4 Å². The molecule has 4 aromatic carbocycles. The minimum absolute atomic E-state index is 0.782. The number of rotatable bonds is 12. The van der Waals surface area contributed by atoms with Crippen molar-refractivity contribution in [1.82, 2.24) is 0 Å². The van der Waals surface area contributed by atoms with Gasteiger partial charge >= 0.3 is 0 Å². The minimum Gasteiger partial charge on any atom is -0.497 e. The lowest BCUT2D eigenvalue weighted by Gasteiger charge is -2.27. The first kappa shape index (κ1) is 32.2. The molecule has 0 spiro atoms. The van der Waals surface area contributed by atoms with Crippen LogP contribution in [0, 0.1) is 0 Å². The second kappa shape index (κ2) is 14.7. The Bertz CT molecular complexity index is 1360. The maximum Gasteiger partial charge on any atom is 0.119 e. The van der Waals surface area contributed by atoms with E-state index < -0.39 is 0 Å². The zero-order valence-electron chi connectivity index (χ0n) is 25.5. The summed E-state index contributed by atoms with van der Waals surface area (Å²) in [4.78, 5) is 2.91. The fourth-order valence-corrected chi connectivity index (χ4v) is 6.73. The summed E-state index contributed by atoms with van der Waals surface area (Å²) in [6.07, 6.45) is 5.14. The molecule has 0 amide bonds. The van der Waals surface area contributed by atoms with Gasteiger partial charge in [-0.1, -0.05) is 20.8 Å². The summed E-state index contributed by atoms with van der Waals surface area (Å²) >= 11 is 14.6. The van der Waals surface area contributed by atoms with Crippen molar-refractivity contribution in [3.8, 4) is 17.2 Å². The van der Waals surface area contributed by atoms with Crippen molar-refractivity contribution in [2.24, 2.45) is 0 Å². The molecule has 0 bridgehead atoms. The Kier molecular flexibility index (Phi) is 11.3. The van der Waals surface area contributed by atoms with Gasteiger partial charge in [-0.2, -0.15) is 0 Å². The molecule has 0 saturated heterocycles. The van der Waals surface area contributed by atoms with Crippen molar-refractivity contribution >= 4 is 37.9 Å². The zero-order valence-corrected chi connectivity index (χ0v) is 28.2. The first-order chi connectivity index (χ1) is 20.3. The van der Waals surface area contributed by atoms with Gasteiger partial charge in [0, 0.05) is 14.7 Å². The lowest BCUT2D eigenvalue weighted by Crippen LogP contribution is -2.15. The van der Waals surface area contributed by atoms with Crippen LogP contribution in [0.25, 0.3) is 0 Å². The van der Waals surface area contributed by atoms with E-state index in [4.69, 9.17) is 52.1 Å². The topological polar surface area (TPSA) is 27.7 Å². The Morgan fingerprint density at radius 3 is 0.905 bits per heavy atom. The van der Waals surface area contributed by atoms with Gasteiger partial charge in [-0.25, -0.2) is 0 Å². The summed E-state index contributed by atoms with van der Waals surface area (Å²) in [5, 5.41) is 0. The SMILES string of the molecule is CCc1c(Cc2cc(OC)ccc2S)c(CC)c(Cc2cc(OC)ccc2S)c(CC)c1Cc1cc(OC)ccc1S. The van der Waals surface area contributed by atoms with E-state index in [9.17, 15) is 0 Å². The lowest BCUT2D eigenvalue weighted by molar-refractivity contribution is 0.414. The summed E-state index contributed by atoms with van der Waals surface area (Å²) in [5.74, 6) is 2.53. The van der Waals surface area contributed by atoms with Crippen LogP contribution in [-0.2, 0) is 38.5 Å². The predicted molar refractivity (Wildman–Crippen MR) is 184 cm³/mol. The first-order valence-corrected chi connectivity index (χ1v) is 15.9. The highest BCUT2D eigenvalue weighted by Gasteiger charge is 2.24. The number of hydrogen-bond donors (Lipinski definition) is 3. The van der Waals surface area contributed by atoms with Gasteiger partial charge in [-0.15, -0.1) is 37.9 Å². The van der Waals surface area contributed by atoms with Crippen LogP contribution in [0.2, 0.25) is 0 Å². The first-order valence-electron chi connectivity index (χ1n) is 14.5. The summed E-state index contributed by atoms with van der Waals surface area (Å²) in [7, 11) is 5.14. The summed E-state index contributed by atoms with van der Waals surface area (Å²) in [6, 6.07) is 18.4. The van der Waals surface area contributed by atoms with Gasteiger partial charge in [0.25, 0.3) is 0 Å². The summed E-state index contributed by atoms with van der Waals surface area (Å²) in [6.45, 7) is 6.82.